The molecule has 1 saturated heterocycles. The summed E-state index contributed by atoms with van der Waals surface area (Å²) in [6.07, 6.45) is 0. The first-order valence-corrected chi connectivity index (χ1v) is 6.29. The van der Waals surface area contributed by atoms with Gasteiger partial charge in [-0.05, 0) is 38.5 Å². The summed E-state index contributed by atoms with van der Waals surface area (Å²) in [4.78, 5) is 11.7. The zero-order valence-electron chi connectivity index (χ0n) is 12.4. The molecule has 0 amide bonds. The molecule has 1 rings (SSSR count). The van der Waals surface area contributed by atoms with Gasteiger partial charge in [0, 0.05) is 11.1 Å². The minimum absolute atomic E-state index is 0.213. The van der Waals surface area contributed by atoms with Gasteiger partial charge < -0.3 is 10.4 Å². The second-order valence-corrected chi connectivity index (χ2v) is 7.59. The summed E-state index contributed by atoms with van der Waals surface area (Å²) in [6.45, 7) is 16.6. The van der Waals surface area contributed by atoms with Gasteiger partial charge in [-0.15, -0.1) is 0 Å². The van der Waals surface area contributed by atoms with Crippen molar-refractivity contribution >= 4 is 5.97 Å². The highest BCUT2D eigenvalue weighted by Crippen LogP contribution is 2.56. The molecule has 1 aliphatic heterocycles. The third-order valence-corrected chi connectivity index (χ3v) is 5.54. The molecular weight excluding hydrogens is 214 g/mol. The highest BCUT2D eigenvalue weighted by atomic mass is 16.4. The van der Waals surface area contributed by atoms with Crippen LogP contribution in [0.15, 0.2) is 0 Å². The first-order valence-electron chi connectivity index (χ1n) is 6.29. The number of carbonyl (C=O) groups is 1. The Bertz CT molecular complexity index is 314. The third-order valence-electron chi connectivity index (χ3n) is 5.54. The summed E-state index contributed by atoms with van der Waals surface area (Å²) in [7, 11) is 0. The van der Waals surface area contributed by atoms with Gasteiger partial charge in [0.1, 0.15) is 0 Å². The zero-order valence-corrected chi connectivity index (χ0v) is 12.4. The molecular formula is C14H27NO2. The fraction of sp³-hybridized carbons (Fsp3) is 0.929. The lowest BCUT2D eigenvalue weighted by atomic mass is 9.49. The van der Waals surface area contributed by atoms with Crippen molar-refractivity contribution in [3.63, 3.8) is 0 Å². The van der Waals surface area contributed by atoms with Crippen LogP contribution < -0.4 is 5.32 Å². The number of carboxylic acids is 1. The minimum atomic E-state index is -0.692. The number of carboxylic acid groups (broad SMARTS) is 1. The molecule has 0 aromatic heterocycles. The van der Waals surface area contributed by atoms with E-state index in [0.717, 1.165) is 0 Å². The van der Waals surface area contributed by atoms with Crippen LogP contribution in [0.3, 0.4) is 0 Å². The molecule has 3 nitrogen and oxygen atoms in total. The van der Waals surface area contributed by atoms with Crippen molar-refractivity contribution in [3.05, 3.63) is 0 Å². The van der Waals surface area contributed by atoms with Gasteiger partial charge in [0.25, 0.3) is 0 Å². The first-order chi connectivity index (χ1) is 7.27. The van der Waals surface area contributed by atoms with Crippen molar-refractivity contribution in [1.29, 1.82) is 0 Å². The Morgan fingerprint density at radius 2 is 1.18 bits per heavy atom. The van der Waals surface area contributed by atoms with Gasteiger partial charge in [-0.1, -0.05) is 27.7 Å². The van der Waals surface area contributed by atoms with Gasteiger partial charge in [-0.2, -0.15) is 0 Å². The SMILES string of the molecule is CC1(C)NC(C)(C)C(C)(C)C(C(=O)O)C1(C)C. The van der Waals surface area contributed by atoms with Crippen molar-refractivity contribution in [2.45, 2.75) is 66.5 Å². The van der Waals surface area contributed by atoms with Crippen LogP contribution in [-0.4, -0.2) is 22.2 Å². The molecule has 1 heterocycles. The number of hydrogen-bond donors (Lipinski definition) is 2. The highest BCUT2D eigenvalue weighted by Gasteiger charge is 2.62. The van der Waals surface area contributed by atoms with E-state index >= 15 is 0 Å². The lowest BCUT2D eigenvalue weighted by molar-refractivity contribution is -0.172. The molecule has 0 aliphatic carbocycles. The van der Waals surface area contributed by atoms with E-state index in [1.807, 2.05) is 0 Å². The topological polar surface area (TPSA) is 49.3 Å². The van der Waals surface area contributed by atoms with Crippen LogP contribution in [0.2, 0.25) is 0 Å². The Morgan fingerprint density at radius 1 is 0.882 bits per heavy atom. The van der Waals surface area contributed by atoms with E-state index in [1.54, 1.807) is 0 Å². The van der Waals surface area contributed by atoms with Gasteiger partial charge in [-0.3, -0.25) is 4.79 Å². The average Bonchev–Trinajstić information content (AvgIpc) is 1.96. The number of piperidine rings is 1. The van der Waals surface area contributed by atoms with Gasteiger partial charge in [-0.25, -0.2) is 0 Å². The number of aliphatic carboxylic acids is 1. The minimum Gasteiger partial charge on any atom is -0.481 e. The fourth-order valence-corrected chi connectivity index (χ4v) is 3.34. The van der Waals surface area contributed by atoms with Gasteiger partial charge in [0.05, 0.1) is 5.92 Å². The van der Waals surface area contributed by atoms with Crippen molar-refractivity contribution in [3.8, 4) is 0 Å². The molecule has 3 heteroatoms. The maximum Gasteiger partial charge on any atom is 0.307 e. The second kappa shape index (κ2) is 3.47. The quantitative estimate of drug-likeness (QED) is 0.742. The third kappa shape index (κ3) is 1.79. The molecule has 0 unspecified atom stereocenters. The van der Waals surface area contributed by atoms with Crippen molar-refractivity contribution in [2.75, 3.05) is 0 Å². The summed E-state index contributed by atoms with van der Waals surface area (Å²) < 4.78 is 0. The Kier molecular flexibility index (Phi) is 2.96. The van der Waals surface area contributed by atoms with E-state index in [-0.39, 0.29) is 27.8 Å². The summed E-state index contributed by atoms with van der Waals surface area (Å²) in [5.74, 6) is -1.07. The van der Waals surface area contributed by atoms with E-state index in [0.29, 0.717) is 0 Å². The van der Waals surface area contributed by atoms with Crippen LogP contribution in [0.5, 0.6) is 0 Å². The van der Waals surface area contributed by atoms with E-state index in [1.165, 1.54) is 0 Å². The van der Waals surface area contributed by atoms with Gasteiger partial charge >= 0.3 is 5.97 Å². The molecule has 0 bridgehead atoms. The largest absolute Gasteiger partial charge is 0.481 e. The summed E-state index contributed by atoms with van der Waals surface area (Å²) in [5, 5.41) is 13.3. The zero-order chi connectivity index (χ0) is 13.9. The first kappa shape index (κ1) is 14.5. The van der Waals surface area contributed by atoms with E-state index in [2.05, 4.69) is 60.7 Å². The van der Waals surface area contributed by atoms with Crippen molar-refractivity contribution < 1.29 is 9.90 Å². The molecule has 17 heavy (non-hydrogen) atoms. The molecule has 1 fully saturated rings. The lowest BCUT2D eigenvalue weighted by Gasteiger charge is -2.64. The molecule has 0 radical (unpaired) electrons. The molecule has 0 atom stereocenters. The Hall–Kier alpha value is -0.570. The molecule has 0 aromatic rings. The van der Waals surface area contributed by atoms with Crippen LogP contribution in [-0.2, 0) is 4.79 Å². The predicted molar refractivity (Wildman–Crippen MR) is 70.0 cm³/mol. The molecule has 100 valence electrons. The van der Waals surface area contributed by atoms with Gasteiger partial charge in [0.2, 0.25) is 0 Å². The lowest BCUT2D eigenvalue weighted by Crippen LogP contribution is -2.75. The smallest absolute Gasteiger partial charge is 0.307 e. The molecule has 1 aliphatic rings. The van der Waals surface area contributed by atoms with E-state index in [4.69, 9.17) is 0 Å². The highest BCUT2D eigenvalue weighted by molar-refractivity contribution is 5.73. The second-order valence-electron chi connectivity index (χ2n) is 7.59. The monoisotopic (exact) mass is 241 g/mol. The summed E-state index contributed by atoms with van der Waals surface area (Å²) >= 11 is 0. The molecule has 0 aromatic carbocycles. The Morgan fingerprint density at radius 3 is 1.41 bits per heavy atom. The van der Waals surface area contributed by atoms with Crippen LogP contribution in [0.4, 0.5) is 0 Å². The van der Waals surface area contributed by atoms with Crippen LogP contribution in [0.25, 0.3) is 0 Å². The van der Waals surface area contributed by atoms with E-state index < -0.39 is 5.97 Å². The van der Waals surface area contributed by atoms with Crippen LogP contribution in [0, 0.1) is 16.7 Å². The van der Waals surface area contributed by atoms with Crippen molar-refractivity contribution in [2.24, 2.45) is 16.7 Å². The maximum atomic E-state index is 11.7. The number of hydrogen-bond acceptors (Lipinski definition) is 2. The van der Waals surface area contributed by atoms with Crippen molar-refractivity contribution in [1.82, 2.24) is 5.32 Å². The van der Waals surface area contributed by atoms with Crippen LogP contribution >= 0.6 is 0 Å². The maximum absolute atomic E-state index is 11.7. The number of rotatable bonds is 1. The molecule has 0 saturated carbocycles. The predicted octanol–water partition coefficient (Wildman–Crippen LogP) is 2.90. The normalized spacial score (nSPS) is 29.9. The summed E-state index contributed by atoms with van der Waals surface area (Å²) in [5.41, 5.74) is -1.04. The van der Waals surface area contributed by atoms with Crippen LogP contribution in [0.1, 0.15) is 55.4 Å². The van der Waals surface area contributed by atoms with E-state index in [9.17, 15) is 9.90 Å². The Labute approximate surface area is 105 Å². The fourth-order valence-electron chi connectivity index (χ4n) is 3.34. The molecule has 0 spiro atoms. The average molecular weight is 241 g/mol. The van der Waals surface area contributed by atoms with Gasteiger partial charge in [0.15, 0.2) is 0 Å². The standard InChI is InChI=1S/C14H27NO2/c1-11(2)9(10(16)17)12(3,4)14(7,8)15-13(11,5)6/h9,15H,1-8H3,(H,16,17). The number of nitrogens with one attached hydrogen (secondary N) is 1. The summed E-state index contributed by atoms with van der Waals surface area (Å²) in [6, 6.07) is 0. The Balaban J connectivity index is 3.43. The molecule has 2 N–H and O–H groups in total.